The molecule has 0 bridgehead atoms. The lowest BCUT2D eigenvalue weighted by molar-refractivity contribution is 0.411. The lowest BCUT2D eigenvalue weighted by Crippen LogP contribution is -2.24. The highest BCUT2D eigenvalue weighted by Gasteiger charge is 2.22. The average molecular weight is 439 g/mol. The zero-order valence-electron chi connectivity index (χ0n) is 19.4. The molecule has 0 atom stereocenters. The van der Waals surface area contributed by atoms with Crippen LogP contribution in [0.5, 0.6) is 17.2 Å². The van der Waals surface area contributed by atoms with Crippen molar-refractivity contribution in [1.82, 2.24) is 0 Å². The highest BCUT2D eigenvalue weighted by atomic mass is 19.2. The van der Waals surface area contributed by atoms with Gasteiger partial charge in [-0.15, -0.1) is 4.48 Å². The predicted octanol–water partition coefficient (Wildman–Crippen LogP) is 6.09. The molecule has 0 spiro atoms. The second kappa shape index (κ2) is 10.8. The second-order valence-electron chi connectivity index (χ2n) is 7.59. The van der Waals surface area contributed by atoms with Crippen molar-refractivity contribution in [2.24, 2.45) is 0 Å². The van der Waals surface area contributed by atoms with Crippen molar-refractivity contribution < 1.29 is 18.7 Å². The van der Waals surface area contributed by atoms with E-state index < -0.39 is 0 Å². The Labute approximate surface area is 189 Å². The summed E-state index contributed by atoms with van der Waals surface area (Å²) in [5, 5.41) is 0. The fourth-order valence-corrected chi connectivity index (χ4v) is 3.94. The first-order valence-corrected chi connectivity index (χ1v) is 10.6. The molecule has 3 rings (SSSR count). The van der Waals surface area contributed by atoms with E-state index in [0.29, 0.717) is 24.5 Å². The largest absolute Gasteiger partial charge is 0.497 e. The number of hydrogen-bond donors (Lipinski definition) is 1. The van der Waals surface area contributed by atoms with Gasteiger partial charge in [0.25, 0.3) is 0 Å². The molecule has 5 nitrogen and oxygen atoms in total. The van der Waals surface area contributed by atoms with Crippen molar-refractivity contribution in [2.45, 2.75) is 33.4 Å². The SMILES string of the molecule is CCc1cc(NF)c(OC)c(N(Cc2ccc(OC)cc2)Cc2ccc(OC)cc2)c1C. The van der Waals surface area contributed by atoms with E-state index in [-0.39, 0.29) is 0 Å². The Bertz CT molecular complexity index is 971. The topological polar surface area (TPSA) is 43.0 Å². The Balaban J connectivity index is 2.09. The number of ether oxygens (including phenoxy) is 3. The van der Waals surface area contributed by atoms with E-state index in [9.17, 15) is 4.48 Å². The number of aryl methyl sites for hydroxylation is 1. The smallest absolute Gasteiger partial charge is 0.168 e. The average Bonchev–Trinajstić information content (AvgIpc) is 2.84. The zero-order valence-corrected chi connectivity index (χ0v) is 19.4. The normalized spacial score (nSPS) is 10.6. The molecule has 1 N–H and O–H groups in total. The van der Waals surface area contributed by atoms with Crippen LogP contribution in [-0.4, -0.2) is 21.3 Å². The van der Waals surface area contributed by atoms with Crippen molar-refractivity contribution >= 4 is 11.4 Å². The van der Waals surface area contributed by atoms with Crippen LogP contribution >= 0.6 is 0 Å². The molecule has 170 valence electrons. The molecule has 3 aromatic rings. The minimum atomic E-state index is 0.333. The third-order valence-electron chi connectivity index (χ3n) is 5.68. The van der Waals surface area contributed by atoms with Gasteiger partial charge in [-0.3, -0.25) is 0 Å². The van der Waals surface area contributed by atoms with Gasteiger partial charge in [0.05, 0.1) is 27.0 Å². The fraction of sp³-hybridized carbons (Fsp3) is 0.308. The monoisotopic (exact) mass is 438 g/mol. The van der Waals surface area contributed by atoms with Crippen LogP contribution in [-0.2, 0) is 19.5 Å². The molecule has 0 aliphatic carbocycles. The maximum absolute atomic E-state index is 13.7. The fourth-order valence-electron chi connectivity index (χ4n) is 3.94. The second-order valence-corrected chi connectivity index (χ2v) is 7.59. The Hall–Kier alpha value is -3.41. The summed E-state index contributed by atoms with van der Waals surface area (Å²) in [6, 6.07) is 17.8. The lowest BCUT2D eigenvalue weighted by atomic mass is 10.00. The number of nitrogens with one attached hydrogen (secondary N) is 1. The van der Waals surface area contributed by atoms with Gasteiger partial charge >= 0.3 is 0 Å². The van der Waals surface area contributed by atoms with Crippen molar-refractivity contribution in [3.05, 3.63) is 76.9 Å². The third kappa shape index (κ3) is 5.07. The van der Waals surface area contributed by atoms with E-state index in [0.717, 1.165) is 45.9 Å². The molecule has 0 aromatic heterocycles. The van der Waals surface area contributed by atoms with Crippen LogP contribution in [0.15, 0.2) is 54.6 Å². The highest BCUT2D eigenvalue weighted by Crippen LogP contribution is 2.42. The molecule has 0 heterocycles. The molecule has 0 saturated carbocycles. The number of nitrogens with zero attached hydrogens (tertiary/aromatic N) is 1. The van der Waals surface area contributed by atoms with Crippen LogP contribution in [0.1, 0.15) is 29.2 Å². The Morgan fingerprint density at radius 1 is 0.812 bits per heavy atom. The number of benzene rings is 3. The van der Waals surface area contributed by atoms with Gasteiger partial charge in [-0.25, -0.2) is 5.54 Å². The minimum absolute atomic E-state index is 0.333. The van der Waals surface area contributed by atoms with E-state index in [1.54, 1.807) is 21.3 Å². The molecule has 0 saturated heterocycles. The van der Waals surface area contributed by atoms with Crippen LogP contribution in [0.25, 0.3) is 0 Å². The Morgan fingerprint density at radius 3 is 1.69 bits per heavy atom. The summed E-state index contributed by atoms with van der Waals surface area (Å²) in [4.78, 5) is 2.22. The Kier molecular flexibility index (Phi) is 7.82. The number of hydrogen-bond acceptors (Lipinski definition) is 5. The summed E-state index contributed by atoms with van der Waals surface area (Å²) in [5.41, 5.74) is 7.38. The van der Waals surface area contributed by atoms with Crippen molar-refractivity contribution in [3.63, 3.8) is 0 Å². The van der Waals surface area contributed by atoms with E-state index in [1.165, 1.54) is 0 Å². The molecule has 6 heteroatoms. The molecule has 0 amide bonds. The number of methoxy groups -OCH3 is 3. The zero-order chi connectivity index (χ0) is 23.1. The van der Waals surface area contributed by atoms with Gasteiger partial charge in [0.2, 0.25) is 0 Å². The summed E-state index contributed by atoms with van der Waals surface area (Å²) in [7, 11) is 4.88. The lowest BCUT2D eigenvalue weighted by Gasteiger charge is -2.30. The standard InChI is InChI=1S/C26H31FN2O3/c1-6-21-15-24(28-27)26(32-5)25(18(21)2)29(16-19-7-11-22(30-3)12-8-19)17-20-9-13-23(31-4)14-10-20/h7-15,28H,6,16-17H2,1-5H3. The quantitative estimate of drug-likeness (QED) is 0.388. The minimum Gasteiger partial charge on any atom is -0.497 e. The van der Waals surface area contributed by atoms with Crippen molar-refractivity contribution in [3.8, 4) is 17.2 Å². The number of anilines is 2. The maximum atomic E-state index is 13.7. The van der Waals surface area contributed by atoms with Crippen LogP contribution in [0.4, 0.5) is 15.9 Å². The molecule has 0 unspecified atom stereocenters. The molecule has 0 radical (unpaired) electrons. The van der Waals surface area contributed by atoms with Crippen LogP contribution in [0, 0.1) is 6.92 Å². The Morgan fingerprint density at radius 2 is 1.31 bits per heavy atom. The maximum Gasteiger partial charge on any atom is 0.168 e. The first kappa shape index (κ1) is 23.3. The number of halogens is 1. The summed E-state index contributed by atoms with van der Waals surface area (Å²) in [6.07, 6.45) is 0.788. The van der Waals surface area contributed by atoms with E-state index in [2.05, 4.69) is 18.7 Å². The van der Waals surface area contributed by atoms with Gasteiger partial charge in [0.15, 0.2) is 5.75 Å². The summed E-state index contributed by atoms with van der Waals surface area (Å²) < 4.78 is 30.0. The van der Waals surface area contributed by atoms with Gasteiger partial charge in [-0.1, -0.05) is 31.2 Å². The third-order valence-corrected chi connectivity index (χ3v) is 5.68. The molecular weight excluding hydrogens is 407 g/mol. The summed E-state index contributed by atoms with van der Waals surface area (Å²) >= 11 is 0. The van der Waals surface area contributed by atoms with E-state index >= 15 is 0 Å². The van der Waals surface area contributed by atoms with Gasteiger partial charge in [0, 0.05) is 13.1 Å². The highest BCUT2D eigenvalue weighted by molar-refractivity contribution is 5.77. The molecule has 0 fully saturated rings. The van der Waals surface area contributed by atoms with E-state index in [1.807, 2.05) is 60.1 Å². The first-order chi connectivity index (χ1) is 15.5. The van der Waals surface area contributed by atoms with Gasteiger partial charge in [-0.05, 0) is 65.9 Å². The number of rotatable bonds is 10. The van der Waals surface area contributed by atoms with Gasteiger partial charge < -0.3 is 19.1 Å². The van der Waals surface area contributed by atoms with Gasteiger partial charge in [-0.2, -0.15) is 0 Å². The molecule has 0 aliphatic rings. The van der Waals surface area contributed by atoms with Crippen LogP contribution in [0.3, 0.4) is 0 Å². The molecule has 3 aromatic carbocycles. The van der Waals surface area contributed by atoms with Gasteiger partial charge in [0.1, 0.15) is 17.2 Å². The van der Waals surface area contributed by atoms with Crippen molar-refractivity contribution in [1.29, 1.82) is 0 Å². The van der Waals surface area contributed by atoms with Crippen molar-refractivity contribution in [2.75, 3.05) is 31.8 Å². The molecule has 0 aliphatic heterocycles. The molecule has 32 heavy (non-hydrogen) atoms. The molecular formula is C26H31FN2O3. The van der Waals surface area contributed by atoms with E-state index in [4.69, 9.17) is 14.2 Å². The first-order valence-electron chi connectivity index (χ1n) is 10.6. The predicted molar refractivity (Wildman–Crippen MR) is 128 cm³/mol. The van der Waals surface area contributed by atoms with Crippen LogP contribution in [0.2, 0.25) is 0 Å². The summed E-state index contributed by atoms with van der Waals surface area (Å²) in [5.74, 6) is 2.10. The van der Waals surface area contributed by atoms with Crippen LogP contribution < -0.4 is 24.6 Å². The summed E-state index contributed by atoms with van der Waals surface area (Å²) in [6.45, 7) is 5.36.